The van der Waals surface area contributed by atoms with E-state index in [4.69, 9.17) is 5.73 Å². The molecule has 0 aliphatic rings. The lowest BCUT2D eigenvalue weighted by molar-refractivity contribution is 0.573. The molecule has 0 saturated heterocycles. The van der Waals surface area contributed by atoms with Gasteiger partial charge in [0.2, 0.25) is 0 Å². The van der Waals surface area contributed by atoms with E-state index in [-0.39, 0.29) is 6.42 Å². The molecule has 0 rings (SSSR count). The molecule has 0 spiro atoms. The Bertz CT molecular complexity index is 476. The topological polar surface area (TPSA) is 26.0 Å². The van der Waals surface area contributed by atoms with Crippen LogP contribution in [0.1, 0.15) is 20.3 Å². The summed E-state index contributed by atoms with van der Waals surface area (Å²) in [6.07, 6.45) is 4.93. The zero-order chi connectivity index (χ0) is 15.0. The van der Waals surface area contributed by atoms with Gasteiger partial charge in [-0.15, -0.1) is 0 Å². The fourth-order valence-corrected chi connectivity index (χ4v) is 1.14. The van der Waals surface area contributed by atoms with Crippen molar-refractivity contribution in [2.75, 3.05) is 0 Å². The Morgan fingerprint density at radius 3 is 2.16 bits per heavy atom. The van der Waals surface area contributed by atoms with Gasteiger partial charge in [0.15, 0.2) is 11.7 Å². The van der Waals surface area contributed by atoms with Crippen LogP contribution in [0.4, 0.5) is 13.2 Å². The van der Waals surface area contributed by atoms with Crippen LogP contribution in [0.15, 0.2) is 71.8 Å². The lowest BCUT2D eigenvalue weighted by Gasteiger charge is -2.03. The van der Waals surface area contributed by atoms with Crippen LogP contribution in [0.3, 0.4) is 0 Å². The number of hydrogen-bond acceptors (Lipinski definition) is 1. The molecule has 0 heterocycles. The second-order valence-electron chi connectivity index (χ2n) is 3.95. The summed E-state index contributed by atoms with van der Waals surface area (Å²) in [6, 6.07) is 0. The van der Waals surface area contributed by atoms with Crippen molar-refractivity contribution in [3.63, 3.8) is 0 Å². The molecule has 0 unspecified atom stereocenters. The maximum absolute atomic E-state index is 13.0. The van der Waals surface area contributed by atoms with Gasteiger partial charge in [-0.1, -0.05) is 25.3 Å². The van der Waals surface area contributed by atoms with Crippen molar-refractivity contribution in [2.24, 2.45) is 5.73 Å². The van der Waals surface area contributed by atoms with Gasteiger partial charge in [0, 0.05) is 5.70 Å². The molecule has 0 saturated carbocycles. The highest BCUT2D eigenvalue weighted by Gasteiger charge is 2.01. The highest BCUT2D eigenvalue weighted by molar-refractivity contribution is 5.35. The Kier molecular flexibility index (Phi) is 7.34. The Labute approximate surface area is 112 Å². The molecular weight excluding hydrogens is 251 g/mol. The molecule has 0 atom stereocenters. The van der Waals surface area contributed by atoms with Crippen molar-refractivity contribution >= 4 is 0 Å². The number of halogens is 3. The Morgan fingerprint density at radius 1 is 1.16 bits per heavy atom. The van der Waals surface area contributed by atoms with Crippen LogP contribution in [0, 0.1) is 0 Å². The molecule has 0 aromatic carbocycles. The first-order valence-electron chi connectivity index (χ1n) is 5.62. The molecule has 0 aliphatic carbocycles. The number of hydrogen-bond donors (Lipinski definition) is 1. The first kappa shape index (κ1) is 17.0. The third kappa shape index (κ3) is 6.50. The first-order valence-corrected chi connectivity index (χ1v) is 5.62. The summed E-state index contributed by atoms with van der Waals surface area (Å²) in [6.45, 7) is 9.47. The summed E-state index contributed by atoms with van der Waals surface area (Å²) < 4.78 is 38.6. The van der Waals surface area contributed by atoms with Crippen molar-refractivity contribution in [3.05, 3.63) is 71.8 Å². The minimum absolute atomic E-state index is 0.255. The molecule has 1 nitrogen and oxygen atoms in total. The van der Waals surface area contributed by atoms with Gasteiger partial charge in [-0.05, 0) is 43.6 Å². The lowest BCUT2D eigenvalue weighted by Crippen LogP contribution is -1.96. The van der Waals surface area contributed by atoms with E-state index in [9.17, 15) is 13.2 Å². The van der Waals surface area contributed by atoms with Gasteiger partial charge in [0.05, 0.1) is 0 Å². The van der Waals surface area contributed by atoms with E-state index in [1.165, 1.54) is 12.2 Å². The average molecular weight is 269 g/mol. The minimum atomic E-state index is -1.03. The van der Waals surface area contributed by atoms with Gasteiger partial charge < -0.3 is 5.73 Å². The van der Waals surface area contributed by atoms with Crippen LogP contribution >= 0.6 is 0 Å². The fraction of sp³-hybridized carbons (Fsp3) is 0.200. The van der Waals surface area contributed by atoms with E-state index in [0.717, 1.165) is 12.2 Å². The summed E-state index contributed by atoms with van der Waals surface area (Å²) >= 11 is 0. The molecule has 4 heteroatoms. The van der Waals surface area contributed by atoms with Crippen molar-refractivity contribution in [1.29, 1.82) is 0 Å². The normalized spacial score (nSPS) is 15.1. The molecule has 0 fully saturated rings. The van der Waals surface area contributed by atoms with Crippen LogP contribution in [-0.4, -0.2) is 0 Å². The Balaban J connectivity index is 4.99. The number of allylic oxidation sites excluding steroid dienone is 10. The molecule has 19 heavy (non-hydrogen) atoms. The van der Waals surface area contributed by atoms with Gasteiger partial charge in [-0.3, -0.25) is 0 Å². The average Bonchev–Trinajstić information content (AvgIpc) is 2.35. The third-order valence-corrected chi connectivity index (χ3v) is 2.33. The number of rotatable bonds is 6. The number of nitrogens with two attached hydrogens (primary N) is 1. The largest absolute Gasteiger partial charge is 0.402 e. The zero-order valence-corrected chi connectivity index (χ0v) is 11.1. The second-order valence-corrected chi connectivity index (χ2v) is 3.95. The third-order valence-electron chi connectivity index (χ3n) is 2.33. The van der Waals surface area contributed by atoms with Gasteiger partial charge in [0.25, 0.3) is 0 Å². The maximum Gasteiger partial charge on any atom is 0.158 e. The molecule has 0 radical (unpaired) electrons. The molecule has 104 valence electrons. The standard InChI is InChI=1S/C15H18F3N/c1-5-14(17)15(18)8-6-7-13(12(4)19)9-10(2)11(3)16/h5-6,8-9H,1,3,7,19H2,2,4H3/b8-6-,10-9-,13-12+,15-14-. The Morgan fingerprint density at radius 2 is 1.74 bits per heavy atom. The fourth-order valence-electron chi connectivity index (χ4n) is 1.14. The van der Waals surface area contributed by atoms with E-state index in [1.54, 1.807) is 13.8 Å². The Hall–Kier alpha value is -1.97. The van der Waals surface area contributed by atoms with Gasteiger partial charge in [0.1, 0.15) is 5.83 Å². The van der Waals surface area contributed by atoms with E-state index in [1.807, 2.05) is 0 Å². The molecule has 0 amide bonds. The summed E-state index contributed by atoms with van der Waals surface area (Å²) in [5, 5.41) is 0. The van der Waals surface area contributed by atoms with Gasteiger partial charge >= 0.3 is 0 Å². The van der Waals surface area contributed by atoms with Crippen molar-refractivity contribution < 1.29 is 13.2 Å². The van der Waals surface area contributed by atoms with E-state index >= 15 is 0 Å². The van der Waals surface area contributed by atoms with E-state index in [0.29, 0.717) is 16.8 Å². The predicted octanol–water partition coefficient (Wildman–Crippen LogP) is 4.93. The van der Waals surface area contributed by atoms with Crippen molar-refractivity contribution in [1.82, 2.24) is 0 Å². The SMILES string of the molecule is C=C/C(F)=C(F)\C=C/CC(/C=C(/C)C(=C)F)=C(/C)N. The lowest BCUT2D eigenvalue weighted by atomic mass is 10.1. The monoisotopic (exact) mass is 269 g/mol. The molecule has 0 bridgehead atoms. The molecule has 0 aliphatic heterocycles. The van der Waals surface area contributed by atoms with Crippen LogP contribution in [0.2, 0.25) is 0 Å². The smallest absolute Gasteiger partial charge is 0.158 e. The van der Waals surface area contributed by atoms with Crippen LogP contribution < -0.4 is 5.73 Å². The van der Waals surface area contributed by atoms with E-state index < -0.39 is 17.5 Å². The van der Waals surface area contributed by atoms with Crippen LogP contribution in [-0.2, 0) is 0 Å². The summed E-state index contributed by atoms with van der Waals surface area (Å²) in [5.41, 5.74) is 7.06. The zero-order valence-electron chi connectivity index (χ0n) is 11.1. The highest BCUT2D eigenvalue weighted by Crippen LogP contribution is 2.17. The van der Waals surface area contributed by atoms with Crippen LogP contribution in [0.25, 0.3) is 0 Å². The van der Waals surface area contributed by atoms with Crippen LogP contribution in [0.5, 0.6) is 0 Å². The van der Waals surface area contributed by atoms with Crippen molar-refractivity contribution in [3.8, 4) is 0 Å². The van der Waals surface area contributed by atoms with E-state index in [2.05, 4.69) is 13.2 Å². The summed E-state index contributed by atoms with van der Waals surface area (Å²) in [7, 11) is 0. The second kappa shape index (κ2) is 8.19. The summed E-state index contributed by atoms with van der Waals surface area (Å²) in [5.74, 6) is -2.61. The minimum Gasteiger partial charge on any atom is -0.402 e. The first-order chi connectivity index (χ1) is 8.79. The molecular formula is C15H18F3N. The summed E-state index contributed by atoms with van der Waals surface area (Å²) in [4.78, 5) is 0. The molecule has 0 aromatic heterocycles. The van der Waals surface area contributed by atoms with Gasteiger partial charge in [-0.2, -0.15) is 0 Å². The quantitative estimate of drug-likeness (QED) is 0.680. The van der Waals surface area contributed by atoms with Crippen molar-refractivity contribution in [2.45, 2.75) is 20.3 Å². The predicted molar refractivity (Wildman–Crippen MR) is 74.1 cm³/mol. The molecule has 0 aromatic rings. The highest BCUT2D eigenvalue weighted by atomic mass is 19.2. The molecule has 2 N–H and O–H groups in total. The van der Waals surface area contributed by atoms with Gasteiger partial charge in [-0.25, -0.2) is 13.2 Å². The maximum atomic E-state index is 13.0.